The number of carbonyl (C=O) groups is 1. The standard InChI is InChI=1S/C22H18F4N6O/c1-11-16(13-5-6-32-19(8-13)30-21(27)31-32)9-17(12(2)29-11)20(33)28-10-14-7-15(22(24,25)26)3-4-18(14)23/h3-9H,10H2,1-2H3,(H2,27,31)(H,28,33)/i10D2. The van der Waals surface area contributed by atoms with E-state index in [2.05, 4.69) is 15.1 Å². The zero-order valence-electron chi connectivity index (χ0n) is 19.3. The number of aryl methyl sites for hydroxylation is 2. The predicted octanol–water partition coefficient (Wildman–Crippen LogP) is 4.08. The van der Waals surface area contributed by atoms with Gasteiger partial charge in [0.05, 0.1) is 19.6 Å². The number of anilines is 1. The molecule has 4 aromatic rings. The fourth-order valence-corrected chi connectivity index (χ4v) is 3.30. The fourth-order valence-electron chi connectivity index (χ4n) is 3.30. The van der Waals surface area contributed by atoms with Gasteiger partial charge >= 0.3 is 6.18 Å². The summed E-state index contributed by atoms with van der Waals surface area (Å²) in [6.07, 6.45) is -3.20. The van der Waals surface area contributed by atoms with E-state index in [9.17, 15) is 22.4 Å². The molecule has 3 heterocycles. The molecule has 0 bridgehead atoms. The molecule has 1 amide bonds. The Bertz CT molecular complexity index is 1470. The number of amides is 1. The quantitative estimate of drug-likeness (QED) is 0.448. The summed E-state index contributed by atoms with van der Waals surface area (Å²) in [5.41, 5.74) is 5.77. The van der Waals surface area contributed by atoms with Gasteiger partial charge in [-0.2, -0.15) is 18.2 Å². The van der Waals surface area contributed by atoms with Crippen LogP contribution in [0.3, 0.4) is 0 Å². The first kappa shape index (κ1) is 19.6. The van der Waals surface area contributed by atoms with E-state index in [1.807, 2.05) is 5.32 Å². The molecule has 0 radical (unpaired) electrons. The minimum atomic E-state index is -4.81. The van der Waals surface area contributed by atoms with E-state index in [4.69, 9.17) is 8.48 Å². The van der Waals surface area contributed by atoms with Gasteiger partial charge in [-0.1, -0.05) is 0 Å². The molecular formula is C22H18F4N6O. The zero-order chi connectivity index (χ0) is 25.7. The van der Waals surface area contributed by atoms with Crippen LogP contribution in [0.4, 0.5) is 23.5 Å². The molecule has 170 valence electrons. The average molecular weight is 460 g/mol. The van der Waals surface area contributed by atoms with E-state index >= 15 is 0 Å². The van der Waals surface area contributed by atoms with Crippen molar-refractivity contribution in [2.24, 2.45) is 0 Å². The van der Waals surface area contributed by atoms with Gasteiger partial charge in [-0.3, -0.25) is 9.78 Å². The van der Waals surface area contributed by atoms with E-state index in [-0.39, 0.29) is 17.2 Å². The maximum absolute atomic E-state index is 14.3. The highest BCUT2D eigenvalue weighted by Crippen LogP contribution is 2.30. The topological polar surface area (TPSA) is 98.2 Å². The lowest BCUT2D eigenvalue weighted by Gasteiger charge is -2.13. The van der Waals surface area contributed by atoms with Crippen molar-refractivity contribution in [3.05, 3.63) is 76.5 Å². The molecule has 4 rings (SSSR count). The summed E-state index contributed by atoms with van der Waals surface area (Å²) in [7, 11) is 0. The Balaban J connectivity index is 1.70. The minimum Gasteiger partial charge on any atom is -0.366 e. The summed E-state index contributed by atoms with van der Waals surface area (Å²) in [4.78, 5) is 21.4. The van der Waals surface area contributed by atoms with Crippen LogP contribution in [0.1, 0.15) is 35.6 Å². The second-order valence-corrected chi connectivity index (χ2v) is 7.21. The smallest absolute Gasteiger partial charge is 0.366 e. The number of fused-ring (bicyclic) bond motifs is 1. The number of carbonyl (C=O) groups excluding carboxylic acids is 1. The first-order valence-electron chi connectivity index (χ1n) is 10.6. The monoisotopic (exact) mass is 460 g/mol. The largest absolute Gasteiger partial charge is 0.416 e. The van der Waals surface area contributed by atoms with Crippen molar-refractivity contribution in [3.8, 4) is 11.1 Å². The Morgan fingerprint density at radius 2 is 1.91 bits per heavy atom. The van der Waals surface area contributed by atoms with Gasteiger partial charge in [-0.05, 0) is 55.8 Å². The number of benzene rings is 1. The fraction of sp³-hybridized carbons (Fsp3) is 0.182. The van der Waals surface area contributed by atoms with E-state index in [1.54, 1.807) is 25.3 Å². The van der Waals surface area contributed by atoms with Crippen molar-refractivity contribution >= 4 is 17.5 Å². The van der Waals surface area contributed by atoms with E-state index in [0.717, 1.165) is 0 Å². The lowest BCUT2D eigenvalue weighted by molar-refractivity contribution is -0.137. The first-order chi connectivity index (χ1) is 16.3. The molecule has 0 saturated heterocycles. The highest BCUT2D eigenvalue weighted by atomic mass is 19.4. The van der Waals surface area contributed by atoms with Crippen molar-refractivity contribution in [3.63, 3.8) is 0 Å². The number of hydrogen-bond donors (Lipinski definition) is 2. The highest BCUT2D eigenvalue weighted by molar-refractivity contribution is 5.96. The normalized spacial score (nSPS) is 13.0. The summed E-state index contributed by atoms with van der Waals surface area (Å²) < 4.78 is 71.1. The van der Waals surface area contributed by atoms with Crippen LogP contribution < -0.4 is 11.1 Å². The van der Waals surface area contributed by atoms with E-state index < -0.39 is 35.5 Å². The minimum absolute atomic E-state index is 0.0392. The molecule has 0 spiro atoms. The van der Waals surface area contributed by atoms with Crippen molar-refractivity contribution < 1.29 is 25.1 Å². The van der Waals surface area contributed by atoms with Gasteiger partial charge in [0, 0.05) is 29.5 Å². The van der Waals surface area contributed by atoms with Gasteiger partial charge in [-0.25, -0.2) is 8.91 Å². The second kappa shape index (κ2) is 8.15. The molecule has 3 N–H and O–H groups in total. The van der Waals surface area contributed by atoms with Gasteiger partial charge in [0.2, 0.25) is 5.95 Å². The Kier molecular flexibility index (Phi) is 4.85. The first-order valence-corrected chi connectivity index (χ1v) is 9.56. The van der Waals surface area contributed by atoms with Crippen LogP contribution in [0.25, 0.3) is 16.8 Å². The highest BCUT2D eigenvalue weighted by Gasteiger charge is 2.31. The van der Waals surface area contributed by atoms with Crippen LogP contribution in [0.2, 0.25) is 0 Å². The van der Waals surface area contributed by atoms with Gasteiger partial charge in [0.1, 0.15) is 5.82 Å². The number of halogens is 4. The Morgan fingerprint density at radius 1 is 1.15 bits per heavy atom. The molecule has 0 saturated carbocycles. The maximum Gasteiger partial charge on any atom is 0.416 e. The van der Waals surface area contributed by atoms with Crippen molar-refractivity contribution in [2.75, 3.05) is 5.73 Å². The number of aromatic nitrogens is 4. The van der Waals surface area contributed by atoms with Crippen molar-refractivity contribution in [2.45, 2.75) is 26.5 Å². The molecule has 3 aromatic heterocycles. The second-order valence-electron chi connectivity index (χ2n) is 7.21. The van der Waals surface area contributed by atoms with Crippen LogP contribution in [-0.2, 0) is 12.7 Å². The third kappa shape index (κ3) is 4.47. The van der Waals surface area contributed by atoms with E-state index in [0.29, 0.717) is 40.7 Å². The molecule has 0 fully saturated rings. The lowest BCUT2D eigenvalue weighted by Crippen LogP contribution is -2.25. The molecule has 0 unspecified atom stereocenters. The number of nitrogens with two attached hydrogens (primary N) is 1. The molecule has 11 heteroatoms. The van der Waals surface area contributed by atoms with E-state index in [1.165, 1.54) is 17.5 Å². The molecule has 7 nitrogen and oxygen atoms in total. The van der Waals surface area contributed by atoms with Crippen LogP contribution in [-0.4, -0.2) is 25.5 Å². The molecular weight excluding hydrogens is 440 g/mol. The van der Waals surface area contributed by atoms with Gasteiger partial charge in [0.15, 0.2) is 5.65 Å². The lowest BCUT2D eigenvalue weighted by atomic mass is 10.0. The van der Waals surface area contributed by atoms with Crippen LogP contribution in [0, 0.1) is 19.7 Å². The molecule has 33 heavy (non-hydrogen) atoms. The Morgan fingerprint density at radius 3 is 2.64 bits per heavy atom. The van der Waals surface area contributed by atoms with Crippen molar-refractivity contribution in [1.82, 2.24) is 24.9 Å². The summed E-state index contributed by atoms with van der Waals surface area (Å²) in [5.74, 6) is -2.14. The maximum atomic E-state index is 14.3. The SMILES string of the molecule is [2H]C([2H])(NC(=O)c1cc(-c2ccn3nc(N)nc3c2)c(C)nc1C)c1cc(C(F)(F)F)ccc1F. The summed E-state index contributed by atoms with van der Waals surface area (Å²) in [6, 6.07) is 6.17. The van der Waals surface area contributed by atoms with Crippen molar-refractivity contribution in [1.29, 1.82) is 0 Å². The number of nitrogens with one attached hydrogen (secondary N) is 1. The number of nitrogen functional groups attached to an aromatic ring is 1. The molecule has 1 aromatic carbocycles. The number of hydrogen-bond acceptors (Lipinski definition) is 5. The third-order valence-electron chi connectivity index (χ3n) is 4.92. The van der Waals surface area contributed by atoms with Gasteiger partial charge in [0.25, 0.3) is 5.91 Å². The summed E-state index contributed by atoms with van der Waals surface area (Å²) >= 11 is 0. The predicted molar refractivity (Wildman–Crippen MR) is 113 cm³/mol. The molecule has 0 atom stereocenters. The third-order valence-corrected chi connectivity index (χ3v) is 4.92. The zero-order valence-corrected chi connectivity index (χ0v) is 17.3. The molecule has 0 aliphatic heterocycles. The van der Waals surface area contributed by atoms with Crippen LogP contribution >= 0.6 is 0 Å². The number of pyridine rings is 2. The Labute approximate surface area is 188 Å². The number of rotatable bonds is 4. The number of nitrogens with zero attached hydrogens (tertiary/aromatic N) is 4. The summed E-state index contributed by atoms with van der Waals surface area (Å²) in [5, 5.41) is 5.97. The van der Waals surface area contributed by atoms with Crippen LogP contribution in [0.15, 0.2) is 42.6 Å². The Hall–Kier alpha value is -4.02. The van der Waals surface area contributed by atoms with Gasteiger partial charge < -0.3 is 11.1 Å². The summed E-state index contributed by atoms with van der Waals surface area (Å²) in [6.45, 7) is 0.288. The molecule has 0 aliphatic rings. The van der Waals surface area contributed by atoms with Crippen LogP contribution in [0.5, 0.6) is 0 Å². The average Bonchev–Trinajstić information content (AvgIpc) is 3.11. The number of alkyl halides is 3. The molecule has 0 aliphatic carbocycles. The van der Waals surface area contributed by atoms with Gasteiger partial charge in [-0.15, -0.1) is 5.10 Å².